The van der Waals surface area contributed by atoms with Crippen LogP contribution in [0.1, 0.15) is 13.8 Å². The summed E-state index contributed by atoms with van der Waals surface area (Å²) in [5, 5.41) is 4.07. The molecule has 0 aliphatic rings. The molecule has 0 aromatic heterocycles. The van der Waals surface area contributed by atoms with E-state index < -0.39 is 0 Å². The molecule has 0 aliphatic heterocycles. The SMILES string of the molecule is CC(C)C(CN)CNc1ccc(Br)cc1Cl. The van der Waals surface area contributed by atoms with Gasteiger partial charge in [-0.1, -0.05) is 41.4 Å². The van der Waals surface area contributed by atoms with E-state index >= 15 is 0 Å². The van der Waals surface area contributed by atoms with Crippen molar-refractivity contribution in [3.63, 3.8) is 0 Å². The third kappa shape index (κ3) is 3.96. The van der Waals surface area contributed by atoms with Crippen molar-refractivity contribution < 1.29 is 0 Å². The molecular formula is C12H18BrClN2. The summed E-state index contributed by atoms with van der Waals surface area (Å²) < 4.78 is 0.988. The van der Waals surface area contributed by atoms with Gasteiger partial charge in [-0.25, -0.2) is 0 Å². The molecule has 1 atom stereocenters. The number of nitrogens with two attached hydrogens (primary N) is 1. The molecule has 0 spiro atoms. The van der Waals surface area contributed by atoms with Crippen molar-refractivity contribution in [3.8, 4) is 0 Å². The summed E-state index contributed by atoms with van der Waals surface area (Å²) in [5.41, 5.74) is 6.68. The highest BCUT2D eigenvalue weighted by atomic mass is 79.9. The molecule has 1 aromatic carbocycles. The maximum absolute atomic E-state index is 6.11. The van der Waals surface area contributed by atoms with Gasteiger partial charge in [-0.15, -0.1) is 0 Å². The zero-order valence-electron chi connectivity index (χ0n) is 9.63. The molecule has 0 amide bonds. The Bertz CT molecular complexity index is 342. The first-order chi connectivity index (χ1) is 7.54. The molecule has 0 saturated heterocycles. The monoisotopic (exact) mass is 304 g/mol. The van der Waals surface area contributed by atoms with Gasteiger partial charge < -0.3 is 11.1 Å². The van der Waals surface area contributed by atoms with Crippen molar-refractivity contribution in [2.75, 3.05) is 18.4 Å². The molecule has 90 valence electrons. The van der Waals surface area contributed by atoms with Gasteiger partial charge in [0, 0.05) is 11.0 Å². The van der Waals surface area contributed by atoms with Crippen molar-refractivity contribution in [2.45, 2.75) is 13.8 Å². The average Bonchev–Trinajstić information content (AvgIpc) is 2.21. The van der Waals surface area contributed by atoms with Gasteiger partial charge in [0.25, 0.3) is 0 Å². The topological polar surface area (TPSA) is 38.0 Å². The Labute approximate surface area is 111 Å². The molecule has 3 N–H and O–H groups in total. The standard InChI is InChI=1S/C12H18BrClN2/c1-8(2)9(6-15)7-16-12-4-3-10(13)5-11(12)14/h3-5,8-9,16H,6-7,15H2,1-2H3. The average molecular weight is 306 g/mol. The van der Waals surface area contributed by atoms with Gasteiger partial charge in [-0.2, -0.15) is 0 Å². The molecule has 2 nitrogen and oxygen atoms in total. The molecule has 0 aliphatic carbocycles. The van der Waals surface area contributed by atoms with Crippen LogP contribution in [0, 0.1) is 11.8 Å². The first-order valence-electron chi connectivity index (χ1n) is 5.43. The first kappa shape index (κ1) is 13.8. The molecule has 0 saturated carbocycles. The summed E-state index contributed by atoms with van der Waals surface area (Å²) >= 11 is 9.49. The van der Waals surface area contributed by atoms with Crippen LogP contribution in [0.15, 0.2) is 22.7 Å². The van der Waals surface area contributed by atoms with Gasteiger partial charge in [-0.3, -0.25) is 0 Å². The molecule has 0 bridgehead atoms. The highest BCUT2D eigenvalue weighted by molar-refractivity contribution is 9.10. The zero-order chi connectivity index (χ0) is 12.1. The second kappa shape index (κ2) is 6.48. The Balaban J connectivity index is 2.60. The van der Waals surface area contributed by atoms with E-state index in [1.54, 1.807) is 0 Å². The number of halogens is 2. The lowest BCUT2D eigenvalue weighted by Gasteiger charge is -2.20. The van der Waals surface area contributed by atoms with Gasteiger partial charge >= 0.3 is 0 Å². The molecule has 0 heterocycles. The lowest BCUT2D eigenvalue weighted by molar-refractivity contribution is 0.413. The van der Waals surface area contributed by atoms with Crippen LogP contribution in [0.5, 0.6) is 0 Å². The highest BCUT2D eigenvalue weighted by Gasteiger charge is 2.11. The van der Waals surface area contributed by atoms with E-state index in [0.29, 0.717) is 18.4 Å². The van der Waals surface area contributed by atoms with Crippen LogP contribution in [0.4, 0.5) is 5.69 Å². The molecule has 0 fully saturated rings. The number of rotatable bonds is 5. The fourth-order valence-electron chi connectivity index (χ4n) is 1.47. The fraction of sp³-hybridized carbons (Fsp3) is 0.500. The quantitative estimate of drug-likeness (QED) is 0.869. The molecule has 16 heavy (non-hydrogen) atoms. The van der Waals surface area contributed by atoms with E-state index in [1.165, 1.54) is 0 Å². The van der Waals surface area contributed by atoms with E-state index in [-0.39, 0.29) is 0 Å². The number of hydrogen-bond acceptors (Lipinski definition) is 2. The van der Waals surface area contributed by atoms with Gasteiger partial charge in [0.1, 0.15) is 0 Å². The van der Waals surface area contributed by atoms with Crippen molar-refractivity contribution in [2.24, 2.45) is 17.6 Å². The normalized spacial score (nSPS) is 12.9. The smallest absolute Gasteiger partial charge is 0.0648 e. The van der Waals surface area contributed by atoms with Crippen LogP contribution in [0.3, 0.4) is 0 Å². The Morgan fingerprint density at radius 3 is 2.62 bits per heavy atom. The largest absolute Gasteiger partial charge is 0.384 e. The third-order valence-corrected chi connectivity index (χ3v) is 3.54. The summed E-state index contributed by atoms with van der Waals surface area (Å²) in [6, 6.07) is 5.83. The minimum Gasteiger partial charge on any atom is -0.384 e. The van der Waals surface area contributed by atoms with Crippen molar-refractivity contribution in [3.05, 3.63) is 27.7 Å². The number of nitrogens with one attached hydrogen (secondary N) is 1. The maximum atomic E-state index is 6.11. The van der Waals surface area contributed by atoms with E-state index in [4.69, 9.17) is 17.3 Å². The lowest BCUT2D eigenvalue weighted by atomic mass is 9.96. The Morgan fingerprint density at radius 1 is 1.44 bits per heavy atom. The van der Waals surface area contributed by atoms with E-state index in [2.05, 4.69) is 35.1 Å². The van der Waals surface area contributed by atoms with Crippen molar-refractivity contribution in [1.82, 2.24) is 0 Å². The molecule has 0 radical (unpaired) electrons. The maximum Gasteiger partial charge on any atom is 0.0648 e. The van der Waals surface area contributed by atoms with Gasteiger partial charge in [0.2, 0.25) is 0 Å². The van der Waals surface area contributed by atoms with E-state index in [1.807, 2.05) is 18.2 Å². The molecule has 1 unspecified atom stereocenters. The molecular weight excluding hydrogens is 288 g/mol. The zero-order valence-corrected chi connectivity index (χ0v) is 12.0. The Kier molecular flexibility index (Phi) is 5.59. The molecule has 4 heteroatoms. The number of hydrogen-bond donors (Lipinski definition) is 2. The van der Waals surface area contributed by atoms with Crippen molar-refractivity contribution in [1.29, 1.82) is 0 Å². The highest BCUT2D eigenvalue weighted by Crippen LogP contribution is 2.26. The van der Waals surface area contributed by atoms with Crippen LogP contribution >= 0.6 is 27.5 Å². The number of benzene rings is 1. The van der Waals surface area contributed by atoms with Crippen LogP contribution in [0.25, 0.3) is 0 Å². The summed E-state index contributed by atoms with van der Waals surface area (Å²) in [5.74, 6) is 1.05. The van der Waals surface area contributed by atoms with Crippen molar-refractivity contribution >= 4 is 33.2 Å². The van der Waals surface area contributed by atoms with Crippen LogP contribution < -0.4 is 11.1 Å². The summed E-state index contributed by atoms with van der Waals surface area (Å²) in [7, 11) is 0. The van der Waals surface area contributed by atoms with E-state index in [0.717, 1.165) is 21.7 Å². The summed E-state index contributed by atoms with van der Waals surface area (Å²) in [6.07, 6.45) is 0. The second-order valence-electron chi connectivity index (χ2n) is 4.24. The van der Waals surface area contributed by atoms with Gasteiger partial charge in [-0.05, 0) is 36.6 Å². The summed E-state index contributed by atoms with van der Waals surface area (Å²) in [6.45, 7) is 5.92. The first-order valence-corrected chi connectivity index (χ1v) is 6.60. The minimum absolute atomic E-state index is 0.472. The predicted molar refractivity (Wildman–Crippen MR) is 75.0 cm³/mol. The van der Waals surface area contributed by atoms with Gasteiger partial charge in [0.05, 0.1) is 10.7 Å². The van der Waals surface area contributed by atoms with Crippen LogP contribution in [-0.4, -0.2) is 13.1 Å². The van der Waals surface area contributed by atoms with Crippen LogP contribution in [-0.2, 0) is 0 Å². The predicted octanol–water partition coefficient (Wildman–Crippen LogP) is 3.75. The minimum atomic E-state index is 0.472. The Hall–Kier alpha value is -0.250. The van der Waals surface area contributed by atoms with Crippen LogP contribution in [0.2, 0.25) is 5.02 Å². The third-order valence-electron chi connectivity index (χ3n) is 2.73. The fourth-order valence-corrected chi connectivity index (χ4v) is 2.21. The number of anilines is 1. The summed E-state index contributed by atoms with van der Waals surface area (Å²) in [4.78, 5) is 0. The van der Waals surface area contributed by atoms with Gasteiger partial charge in [0.15, 0.2) is 0 Å². The second-order valence-corrected chi connectivity index (χ2v) is 5.57. The Morgan fingerprint density at radius 2 is 2.12 bits per heavy atom. The van der Waals surface area contributed by atoms with E-state index in [9.17, 15) is 0 Å². The molecule has 1 aromatic rings. The lowest BCUT2D eigenvalue weighted by Crippen LogP contribution is -2.27. The molecule has 1 rings (SSSR count).